The Hall–Kier alpha value is -1.21. The molecule has 0 radical (unpaired) electrons. The molecule has 17 atom stereocenters. The van der Waals surface area contributed by atoms with E-state index in [1.807, 2.05) is 0 Å². The fourth-order valence-corrected chi connectivity index (χ4v) is 11.7. The van der Waals surface area contributed by atoms with Crippen LogP contribution < -0.4 is 5.32 Å². The van der Waals surface area contributed by atoms with Crippen LogP contribution in [0, 0.1) is 0 Å². The van der Waals surface area contributed by atoms with Gasteiger partial charge >= 0.3 is 0 Å². The Labute approximate surface area is 493 Å². The number of amides is 1. The summed E-state index contributed by atoms with van der Waals surface area (Å²) in [5.74, 6) is -0.239. The molecule has 0 aromatic heterocycles. The monoisotopic (exact) mass is 1180 g/mol. The predicted octanol–water partition coefficient (Wildman–Crippen LogP) is 7.55. The van der Waals surface area contributed by atoms with Gasteiger partial charge in [0.25, 0.3) is 0 Å². The maximum absolute atomic E-state index is 13.4. The Morgan fingerprint density at radius 3 is 1.06 bits per heavy atom. The second-order valence-electron chi connectivity index (χ2n) is 24.3. The molecule has 19 heteroatoms. The normalized spacial score (nSPS) is 29.5. The van der Waals surface area contributed by atoms with Gasteiger partial charge in [-0.25, -0.2) is 0 Å². The van der Waals surface area contributed by atoms with Crippen molar-refractivity contribution in [3.05, 3.63) is 0 Å². The molecule has 0 aromatic carbocycles. The Balaban J connectivity index is 1.37. The summed E-state index contributed by atoms with van der Waals surface area (Å²) < 4.78 is 34.3. The lowest BCUT2D eigenvalue weighted by atomic mass is 9.96. The van der Waals surface area contributed by atoms with Gasteiger partial charge in [-0.2, -0.15) is 0 Å². The molecule has 0 aromatic rings. The molecule has 0 spiro atoms. The first kappa shape index (κ1) is 75.0. The molecule has 17 unspecified atom stereocenters. The van der Waals surface area contributed by atoms with Crippen molar-refractivity contribution < 1.29 is 89.4 Å². The highest BCUT2D eigenvalue weighted by Crippen LogP contribution is 2.33. The summed E-state index contributed by atoms with van der Waals surface area (Å²) in [4.78, 5) is 13.4. The Kier molecular flexibility index (Phi) is 42.9. The van der Waals surface area contributed by atoms with Crippen molar-refractivity contribution in [2.24, 2.45) is 0 Å². The van der Waals surface area contributed by atoms with E-state index in [0.29, 0.717) is 12.8 Å². The van der Waals surface area contributed by atoms with Crippen molar-refractivity contribution in [1.29, 1.82) is 0 Å². The summed E-state index contributed by atoms with van der Waals surface area (Å²) in [6.07, 6.45) is 20.7. The van der Waals surface area contributed by atoms with Crippen molar-refractivity contribution in [3.8, 4) is 0 Å². The highest BCUT2D eigenvalue weighted by atomic mass is 16.8. The number of hydrogen-bond acceptors (Lipinski definition) is 18. The van der Waals surface area contributed by atoms with Gasteiger partial charge < -0.3 is 89.9 Å². The molecule has 0 saturated carbocycles. The Morgan fingerprint density at radius 2 is 0.695 bits per heavy atom. The fourth-order valence-electron chi connectivity index (χ4n) is 11.7. The first-order valence-corrected chi connectivity index (χ1v) is 33.3. The Morgan fingerprint density at radius 1 is 0.390 bits per heavy atom. The minimum Gasteiger partial charge on any atom is -0.394 e. The topological polar surface area (TPSA) is 307 Å². The number of ether oxygens (including phenoxy) is 6. The zero-order valence-electron chi connectivity index (χ0n) is 51.0. The minimum absolute atomic E-state index is 0.239. The van der Waals surface area contributed by atoms with E-state index in [1.165, 1.54) is 186 Å². The van der Waals surface area contributed by atoms with E-state index >= 15 is 0 Å². The smallest absolute Gasteiger partial charge is 0.220 e. The average molecular weight is 1180 g/mol. The maximum atomic E-state index is 13.4. The third kappa shape index (κ3) is 29.7. The average Bonchev–Trinajstić information content (AvgIpc) is 3.64. The zero-order valence-corrected chi connectivity index (χ0v) is 51.0. The highest BCUT2D eigenvalue weighted by Gasteiger charge is 2.53. The first-order valence-electron chi connectivity index (χ1n) is 33.3. The van der Waals surface area contributed by atoms with Crippen LogP contribution >= 0.6 is 0 Å². The standard InChI is InChI=1S/C63H121NO18/c1-3-5-7-9-11-13-15-16-17-18-19-20-21-22-23-24-25-26-27-28-29-30-31-33-35-37-39-41-51(69)64-46(47(68)40-38-36-34-32-14-12-10-8-6-4-2)45-77-61-57(75)54(72)59(49(43-66)79-61)82-63-58(76)55(73)60(50(44-67)80-63)81-62-56(74)53(71)52(70)48(42-65)78-62/h46-50,52-63,65-68,70-76H,3-45H2,1-2H3,(H,64,69). The molecule has 0 aliphatic carbocycles. The number of carbonyl (C=O) groups is 1. The summed E-state index contributed by atoms with van der Waals surface area (Å²) >= 11 is 0. The van der Waals surface area contributed by atoms with Gasteiger partial charge in [-0.3, -0.25) is 4.79 Å². The fraction of sp³-hybridized carbons (Fsp3) is 0.984. The van der Waals surface area contributed by atoms with Crippen molar-refractivity contribution in [2.75, 3.05) is 26.4 Å². The third-order valence-electron chi connectivity index (χ3n) is 17.2. The summed E-state index contributed by atoms with van der Waals surface area (Å²) in [6, 6.07) is -0.879. The lowest BCUT2D eigenvalue weighted by Crippen LogP contribution is -2.66. The predicted molar refractivity (Wildman–Crippen MR) is 314 cm³/mol. The van der Waals surface area contributed by atoms with Crippen LogP contribution in [0.4, 0.5) is 0 Å². The molecule has 0 bridgehead atoms. The van der Waals surface area contributed by atoms with E-state index in [9.17, 15) is 61.0 Å². The number of carbonyl (C=O) groups excluding carboxylic acids is 1. The van der Waals surface area contributed by atoms with Crippen LogP contribution in [0.2, 0.25) is 0 Å². The van der Waals surface area contributed by atoms with Crippen LogP contribution in [-0.2, 0) is 33.2 Å². The molecule has 3 heterocycles. The molecule has 82 heavy (non-hydrogen) atoms. The van der Waals surface area contributed by atoms with E-state index in [-0.39, 0.29) is 18.9 Å². The molecule has 12 N–H and O–H groups in total. The van der Waals surface area contributed by atoms with E-state index in [2.05, 4.69) is 19.2 Å². The van der Waals surface area contributed by atoms with Crippen molar-refractivity contribution in [3.63, 3.8) is 0 Å². The molecule has 1 amide bonds. The molecule has 3 saturated heterocycles. The lowest BCUT2D eigenvalue weighted by Gasteiger charge is -2.48. The van der Waals surface area contributed by atoms with Gasteiger partial charge in [0.05, 0.1) is 38.6 Å². The minimum atomic E-state index is -1.97. The number of nitrogens with one attached hydrogen (secondary N) is 1. The van der Waals surface area contributed by atoms with Crippen LogP contribution in [0.5, 0.6) is 0 Å². The van der Waals surface area contributed by atoms with E-state index in [0.717, 1.165) is 44.9 Å². The van der Waals surface area contributed by atoms with Gasteiger partial charge in [0, 0.05) is 6.42 Å². The third-order valence-corrected chi connectivity index (χ3v) is 17.2. The molecule has 3 fully saturated rings. The van der Waals surface area contributed by atoms with Gasteiger partial charge in [0.2, 0.25) is 5.91 Å². The summed E-state index contributed by atoms with van der Waals surface area (Å²) in [5, 5.41) is 120. The second-order valence-corrected chi connectivity index (χ2v) is 24.3. The van der Waals surface area contributed by atoms with Crippen molar-refractivity contribution in [2.45, 2.75) is 369 Å². The molecule has 3 rings (SSSR count). The summed E-state index contributed by atoms with van der Waals surface area (Å²) in [5.41, 5.74) is 0. The van der Waals surface area contributed by atoms with E-state index in [1.54, 1.807) is 0 Å². The SMILES string of the molecule is CCCCCCCCCCCCCCCCCCCCCCCCCCCCCC(=O)NC(COC1OC(CO)C(OC2OC(CO)C(OC3OC(CO)C(O)C(O)C3O)C(O)C2O)C(O)C1O)C(O)CCCCCCCCCCCC. The maximum Gasteiger partial charge on any atom is 0.220 e. The molecule has 3 aliphatic rings. The molecular weight excluding hydrogens is 1060 g/mol. The summed E-state index contributed by atoms with van der Waals surface area (Å²) in [6.45, 7) is 1.80. The largest absolute Gasteiger partial charge is 0.394 e. The van der Waals surface area contributed by atoms with Crippen LogP contribution in [-0.4, -0.2) is 193 Å². The van der Waals surface area contributed by atoms with Gasteiger partial charge in [0.1, 0.15) is 73.2 Å². The molecule has 3 aliphatic heterocycles. The number of rotatable bonds is 51. The van der Waals surface area contributed by atoms with Crippen molar-refractivity contribution >= 4 is 5.91 Å². The van der Waals surface area contributed by atoms with Crippen LogP contribution in [0.25, 0.3) is 0 Å². The molecule has 486 valence electrons. The number of aliphatic hydroxyl groups is 11. The lowest BCUT2D eigenvalue weighted by molar-refractivity contribution is -0.379. The number of aliphatic hydroxyl groups excluding tert-OH is 11. The van der Waals surface area contributed by atoms with Gasteiger partial charge in [-0.15, -0.1) is 0 Å². The van der Waals surface area contributed by atoms with Crippen LogP contribution in [0.15, 0.2) is 0 Å². The molecule has 19 nitrogen and oxygen atoms in total. The van der Waals surface area contributed by atoms with E-state index in [4.69, 9.17) is 28.4 Å². The van der Waals surface area contributed by atoms with Gasteiger partial charge in [0.15, 0.2) is 18.9 Å². The van der Waals surface area contributed by atoms with Crippen molar-refractivity contribution in [1.82, 2.24) is 5.32 Å². The van der Waals surface area contributed by atoms with E-state index < -0.39 is 124 Å². The molecular formula is C63H121NO18. The second kappa shape index (κ2) is 46.9. The Bertz CT molecular complexity index is 1500. The van der Waals surface area contributed by atoms with Crippen LogP contribution in [0.1, 0.15) is 264 Å². The quantitative estimate of drug-likeness (QED) is 0.0262. The van der Waals surface area contributed by atoms with Gasteiger partial charge in [-0.1, -0.05) is 245 Å². The van der Waals surface area contributed by atoms with Crippen LogP contribution in [0.3, 0.4) is 0 Å². The summed E-state index contributed by atoms with van der Waals surface area (Å²) in [7, 11) is 0. The number of hydrogen-bond donors (Lipinski definition) is 12. The highest BCUT2D eigenvalue weighted by molar-refractivity contribution is 5.76. The first-order chi connectivity index (χ1) is 39.8. The number of unbranched alkanes of at least 4 members (excludes halogenated alkanes) is 35. The zero-order chi connectivity index (χ0) is 59.7. The van der Waals surface area contributed by atoms with Gasteiger partial charge in [-0.05, 0) is 12.8 Å².